The monoisotopic (exact) mass is 363 g/mol. The van der Waals surface area contributed by atoms with Gasteiger partial charge in [0.2, 0.25) is 5.91 Å². The Morgan fingerprint density at radius 3 is 2.56 bits per heavy atom. The maximum absolute atomic E-state index is 12.3. The predicted octanol–water partition coefficient (Wildman–Crippen LogP) is 3.58. The molecule has 2 aromatic rings. The number of aromatic nitrogens is 1. The van der Waals surface area contributed by atoms with Crippen LogP contribution in [0.1, 0.15) is 48.3 Å². The second-order valence-corrected chi connectivity index (χ2v) is 8.39. The molecule has 142 valence electrons. The molecular formula is C23H29N3O. The van der Waals surface area contributed by atoms with Crippen LogP contribution in [-0.4, -0.2) is 47.9 Å². The molecule has 27 heavy (non-hydrogen) atoms. The summed E-state index contributed by atoms with van der Waals surface area (Å²) < 4.78 is 0. The van der Waals surface area contributed by atoms with Crippen molar-refractivity contribution < 1.29 is 4.79 Å². The molecule has 1 spiro atoms. The molecule has 1 aromatic heterocycles. The summed E-state index contributed by atoms with van der Waals surface area (Å²) in [6, 6.07) is 13.1. The SMILES string of the molecule is CN(C)C(=O)CC1CC2(CCN(Cc3ccncc3)CC2)c2ccccc21. The van der Waals surface area contributed by atoms with Gasteiger partial charge in [0, 0.05) is 39.5 Å². The summed E-state index contributed by atoms with van der Waals surface area (Å²) in [6.07, 6.45) is 7.87. The molecular weight excluding hydrogens is 334 g/mol. The molecule has 1 aliphatic heterocycles. The van der Waals surface area contributed by atoms with Crippen LogP contribution in [0, 0.1) is 0 Å². The summed E-state index contributed by atoms with van der Waals surface area (Å²) in [4.78, 5) is 20.7. The first-order chi connectivity index (χ1) is 13.1. The van der Waals surface area contributed by atoms with E-state index in [1.807, 2.05) is 26.5 Å². The van der Waals surface area contributed by atoms with E-state index in [9.17, 15) is 4.79 Å². The van der Waals surface area contributed by atoms with Gasteiger partial charge in [-0.05, 0) is 72.5 Å². The fraction of sp³-hybridized carbons (Fsp3) is 0.478. The third-order valence-electron chi connectivity index (χ3n) is 6.50. The van der Waals surface area contributed by atoms with Crippen LogP contribution < -0.4 is 0 Å². The molecule has 4 nitrogen and oxygen atoms in total. The van der Waals surface area contributed by atoms with E-state index in [1.54, 1.807) is 4.90 Å². The van der Waals surface area contributed by atoms with Crippen molar-refractivity contribution in [3.8, 4) is 0 Å². The molecule has 1 atom stereocenters. The number of benzene rings is 1. The third-order valence-corrected chi connectivity index (χ3v) is 6.50. The number of carbonyl (C=O) groups is 1. The average molecular weight is 364 g/mol. The minimum atomic E-state index is 0.238. The van der Waals surface area contributed by atoms with Crippen molar-refractivity contribution in [1.82, 2.24) is 14.8 Å². The molecule has 1 unspecified atom stereocenters. The van der Waals surface area contributed by atoms with Gasteiger partial charge in [-0.1, -0.05) is 24.3 Å². The summed E-state index contributed by atoms with van der Waals surface area (Å²) in [5.41, 5.74) is 4.51. The van der Waals surface area contributed by atoms with Gasteiger partial charge < -0.3 is 4.90 Å². The van der Waals surface area contributed by atoms with E-state index in [0.717, 1.165) is 26.1 Å². The highest BCUT2D eigenvalue weighted by atomic mass is 16.2. The Morgan fingerprint density at radius 2 is 1.85 bits per heavy atom. The number of rotatable bonds is 4. The summed E-state index contributed by atoms with van der Waals surface area (Å²) in [7, 11) is 3.72. The quantitative estimate of drug-likeness (QED) is 0.833. The molecule has 4 rings (SSSR count). The van der Waals surface area contributed by atoms with Gasteiger partial charge in [0.25, 0.3) is 0 Å². The van der Waals surface area contributed by atoms with Crippen molar-refractivity contribution in [2.24, 2.45) is 0 Å². The maximum Gasteiger partial charge on any atom is 0.222 e. The first-order valence-electron chi connectivity index (χ1n) is 9.98. The van der Waals surface area contributed by atoms with Gasteiger partial charge in [-0.2, -0.15) is 0 Å². The lowest BCUT2D eigenvalue weighted by atomic mass is 9.73. The van der Waals surface area contributed by atoms with E-state index < -0.39 is 0 Å². The van der Waals surface area contributed by atoms with E-state index in [1.165, 1.54) is 29.5 Å². The zero-order chi connectivity index (χ0) is 18.9. The van der Waals surface area contributed by atoms with Gasteiger partial charge in [-0.3, -0.25) is 14.7 Å². The van der Waals surface area contributed by atoms with E-state index in [0.29, 0.717) is 12.3 Å². The highest BCUT2D eigenvalue weighted by Crippen LogP contribution is 2.52. The summed E-state index contributed by atoms with van der Waals surface area (Å²) in [5.74, 6) is 0.602. The lowest BCUT2D eigenvalue weighted by Crippen LogP contribution is -2.41. The predicted molar refractivity (Wildman–Crippen MR) is 108 cm³/mol. The molecule has 2 aliphatic rings. The Kier molecular flexibility index (Phi) is 5.00. The van der Waals surface area contributed by atoms with E-state index in [4.69, 9.17) is 0 Å². The van der Waals surface area contributed by atoms with Crippen LogP contribution in [0.5, 0.6) is 0 Å². The molecule has 4 heteroatoms. The largest absolute Gasteiger partial charge is 0.349 e. The summed E-state index contributed by atoms with van der Waals surface area (Å²) in [6.45, 7) is 3.23. The zero-order valence-electron chi connectivity index (χ0n) is 16.4. The van der Waals surface area contributed by atoms with Crippen LogP contribution in [0.15, 0.2) is 48.8 Å². The molecule has 0 bridgehead atoms. The number of hydrogen-bond acceptors (Lipinski definition) is 3. The third kappa shape index (κ3) is 3.63. The van der Waals surface area contributed by atoms with Crippen molar-refractivity contribution in [2.45, 2.75) is 43.6 Å². The molecule has 1 saturated heterocycles. The Labute approximate surface area is 162 Å². The van der Waals surface area contributed by atoms with E-state index >= 15 is 0 Å². The number of piperidine rings is 1. The highest BCUT2D eigenvalue weighted by molar-refractivity contribution is 5.77. The summed E-state index contributed by atoms with van der Waals surface area (Å²) >= 11 is 0. The average Bonchev–Trinajstić information content (AvgIpc) is 2.98. The van der Waals surface area contributed by atoms with Gasteiger partial charge in [-0.25, -0.2) is 0 Å². The molecule has 1 fully saturated rings. The number of hydrogen-bond donors (Lipinski definition) is 0. The summed E-state index contributed by atoms with van der Waals surface area (Å²) in [5, 5.41) is 0. The second kappa shape index (κ2) is 7.43. The lowest BCUT2D eigenvalue weighted by Gasteiger charge is -2.40. The first kappa shape index (κ1) is 18.2. The molecule has 0 radical (unpaired) electrons. The first-order valence-corrected chi connectivity index (χ1v) is 9.98. The number of likely N-dealkylation sites (tertiary alicyclic amines) is 1. The van der Waals surface area contributed by atoms with Crippen LogP contribution >= 0.6 is 0 Å². The molecule has 1 amide bonds. The normalized spacial score (nSPS) is 21.2. The van der Waals surface area contributed by atoms with Crippen molar-refractivity contribution in [3.05, 3.63) is 65.5 Å². The van der Waals surface area contributed by atoms with Crippen LogP contribution in [0.25, 0.3) is 0 Å². The number of amides is 1. The van der Waals surface area contributed by atoms with E-state index in [2.05, 4.69) is 46.3 Å². The van der Waals surface area contributed by atoms with Crippen molar-refractivity contribution in [2.75, 3.05) is 27.2 Å². The van der Waals surface area contributed by atoms with Crippen LogP contribution in [0.3, 0.4) is 0 Å². The van der Waals surface area contributed by atoms with Crippen molar-refractivity contribution >= 4 is 5.91 Å². The Bertz CT molecular complexity index is 794. The number of nitrogens with zero attached hydrogens (tertiary/aromatic N) is 3. The topological polar surface area (TPSA) is 36.4 Å². The van der Waals surface area contributed by atoms with Gasteiger partial charge in [0.1, 0.15) is 0 Å². The Hall–Kier alpha value is -2.20. The van der Waals surface area contributed by atoms with Crippen LogP contribution in [0.4, 0.5) is 0 Å². The molecule has 0 saturated carbocycles. The van der Waals surface area contributed by atoms with Gasteiger partial charge in [0.15, 0.2) is 0 Å². The zero-order valence-corrected chi connectivity index (χ0v) is 16.4. The highest BCUT2D eigenvalue weighted by Gasteiger charge is 2.45. The Balaban J connectivity index is 1.48. The van der Waals surface area contributed by atoms with Gasteiger partial charge >= 0.3 is 0 Å². The number of carbonyl (C=O) groups excluding carboxylic acids is 1. The maximum atomic E-state index is 12.3. The molecule has 1 aliphatic carbocycles. The fourth-order valence-electron chi connectivity index (χ4n) is 4.96. The van der Waals surface area contributed by atoms with E-state index in [-0.39, 0.29) is 11.3 Å². The minimum absolute atomic E-state index is 0.238. The Morgan fingerprint density at radius 1 is 1.15 bits per heavy atom. The molecule has 2 heterocycles. The smallest absolute Gasteiger partial charge is 0.222 e. The second-order valence-electron chi connectivity index (χ2n) is 8.39. The number of pyridine rings is 1. The van der Waals surface area contributed by atoms with Crippen molar-refractivity contribution in [1.29, 1.82) is 0 Å². The fourth-order valence-corrected chi connectivity index (χ4v) is 4.96. The molecule has 1 aromatic carbocycles. The molecule has 0 N–H and O–H groups in total. The van der Waals surface area contributed by atoms with Gasteiger partial charge in [-0.15, -0.1) is 0 Å². The minimum Gasteiger partial charge on any atom is -0.349 e. The van der Waals surface area contributed by atoms with Crippen LogP contribution in [0.2, 0.25) is 0 Å². The number of fused-ring (bicyclic) bond motifs is 2. The standard InChI is InChI=1S/C23H29N3O/c1-25(2)22(27)15-19-16-23(21-6-4-3-5-20(19)21)9-13-26(14-10-23)17-18-7-11-24-12-8-18/h3-8,11-12,19H,9-10,13-17H2,1-2H3. The lowest BCUT2D eigenvalue weighted by molar-refractivity contribution is -0.129. The van der Waals surface area contributed by atoms with Crippen molar-refractivity contribution in [3.63, 3.8) is 0 Å². The van der Waals surface area contributed by atoms with Gasteiger partial charge in [0.05, 0.1) is 0 Å². The van der Waals surface area contributed by atoms with Crippen LogP contribution in [-0.2, 0) is 16.8 Å².